The van der Waals surface area contributed by atoms with E-state index in [0.29, 0.717) is 4.47 Å². The monoisotopic (exact) mass is 370 g/mol. The van der Waals surface area contributed by atoms with Gasteiger partial charge in [-0.2, -0.15) is 0 Å². The number of benzene rings is 1. The van der Waals surface area contributed by atoms with Gasteiger partial charge in [0.15, 0.2) is 0 Å². The smallest absolute Gasteiger partial charge is 0.271 e. The molecule has 0 bridgehead atoms. The maximum Gasteiger partial charge on any atom is 0.271 e. The quantitative estimate of drug-likeness (QED) is 0.489. The fourth-order valence-electron chi connectivity index (χ4n) is 1.57. The van der Waals surface area contributed by atoms with Crippen LogP contribution in [0.5, 0.6) is 0 Å². The van der Waals surface area contributed by atoms with Gasteiger partial charge in [-0.15, -0.1) is 0 Å². The molecule has 1 amide bonds. The highest BCUT2D eigenvalue weighted by molar-refractivity contribution is 9.10. The van der Waals surface area contributed by atoms with Crippen LogP contribution >= 0.6 is 27.5 Å². The summed E-state index contributed by atoms with van der Waals surface area (Å²) in [7, 11) is 0. The summed E-state index contributed by atoms with van der Waals surface area (Å²) < 4.78 is 0.509. The van der Waals surface area contributed by atoms with Crippen LogP contribution in [0.1, 0.15) is 10.4 Å². The number of aromatic nitrogens is 1. The van der Waals surface area contributed by atoms with Crippen molar-refractivity contribution in [3.05, 3.63) is 55.6 Å². The number of hydrogen-bond donors (Lipinski definition) is 2. The Labute approximate surface area is 132 Å². The summed E-state index contributed by atoms with van der Waals surface area (Å²) in [6.45, 7) is 0. The Kier molecular flexibility index (Phi) is 4.39. The highest BCUT2D eigenvalue weighted by Gasteiger charge is 2.14. The fourth-order valence-corrected chi connectivity index (χ4v) is 2.13. The number of anilines is 2. The zero-order valence-electron chi connectivity index (χ0n) is 10.3. The lowest BCUT2D eigenvalue weighted by atomic mass is 10.2. The highest BCUT2D eigenvalue weighted by atomic mass is 79.9. The molecule has 7 nitrogen and oxygen atoms in total. The van der Waals surface area contributed by atoms with Crippen molar-refractivity contribution in [1.82, 2.24) is 4.98 Å². The first-order valence-corrected chi connectivity index (χ1v) is 6.72. The molecule has 1 aromatic carbocycles. The number of pyridine rings is 1. The Morgan fingerprint density at radius 2 is 2.10 bits per heavy atom. The number of nitrogen functional groups attached to an aromatic ring is 1. The first-order valence-electron chi connectivity index (χ1n) is 5.55. The van der Waals surface area contributed by atoms with Crippen LogP contribution in [0.4, 0.5) is 17.2 Å². The molecular formula is C12H8BrClN4O3. The molecule has 21 heavy (non-hydrogen) atoms. The van der Waals surface area contributed by atoms with Gasteiger partial charge in [-0.1, -0.05) is 11.6 Å². The van der Waals surface area contributed by atoms with Crippen molar-refractivity contribution < 1.29 is 9.72 Å². The highest BCUT2D eigenvalue weighted by Crippen LogP contribution is 2.27. The van der Waals surface area contributed by atoms with E-state index in [0.717, 1.165) is 0 Å². The van der Waals surface area contributed by atoms with E-state index in [2.05, 4.69) is 26.2 Å². The van der Waals surface area contributed by atoms with Crippen molar-refractivity contribution in [1.29, 1.82) is 0 Å². The summed E-state index contributed by atoms with van der Waals surface area (Å²) in [6, 6.07) is 6.74. The Morgan fingerprint density at radius 1 is 1.38 bits per heavy atom. The largest absolute Gasteiger partial charge is 0.384 e. The normalized spacial score (nSPS) is 10.2. The summed E-state index contributed by atoms with van der Waals surface area (Å²) in [5.41, 5.74) is 5.84. The molecule has 0 atom stereocenters. The molecule has 3 N–H and O–H groups in total. The van der Waals surface area contributed by atoms with Crippen LogP contribution in [-0.2, 0) is 0 Å². The zero-order chi connectivity index (χ0) is 15.6. The van der Waals surface area contributed by atoms with Crippen LogP contribution in [0.2, 0.25) is 5.15 Å². The fraction of sp³-hybridized carbons (Fsp3) is 0. The third kappa shape index (κ3) is 3.67. The number of nitro groups is 1. The SMILES string of the molecule is Nc1cc(C(=O)Nc2cc([N+](=O)[O-])ccc2Br)cc(Cl)n1. The lowest BCUT2D eigenvalue weighted by Crippen LogP contribution is -2.13. The van der Waals surface area contributed by atoms with E-state index in [-0.39, 0.29) is 27.9 Å². The molecule has 0 unspecified atom stereocenters. The molecule has 1 aromatic heterocycles. The summed E-state index contributed by atoms with van der Waals surface area (Å²) in [6.07, 6.45) is 0. The number of non-ortho nitro benzene ring substituents is 1. The standard InChI is InChI=1S/C12H8BrClN4O3/c13-8-2-1-7(18(20)21)5-9(8)16-12(19)6-3-10(14)17-11(15)4-6/h1-5H,(H2,15,17)(H,16,19). The van der Waals surface area contributed by atoms with E-state index in [1.54, 1.807) is 0 Å². The van der Waals surface area contributed by atoms with Crippen LogP contribution in [0.3, 0.4) is 0 Å². The Balaban J connectivity index is 2.31. The van der Waals surface area contributed by atoms with Gasteiger partial charge in [0.2, 0.25) is 0 Å². The third-order valence-corrected chi connectivity index (χ3v) is 3.37. The Bertz CT molecular complexity index is 718. The first-order chi connectivity index (χ1) is 9.86. The molecular weight excluding hydrogens is 364 g/mol. The molecule has 2 aromatic rings. The van der Waals surface area contributed by atoms with E-state index in [9.17, 15) is 14.9 Å². The number of amides is 1. The van der Waals surface area contributed by atoms with Crippen molar-refractivity contribution in [2.24, 2.45) is 0 Å². The Morgan fingerprint density at radius 3 is 2.71 bits per heavy atom. The third-order valence-electron chi connectivity index (χ3n) is 2.49. The lowest BCUT2D eigenvalue weighted by molar-refractivity contribution is -0.384. The predicted molar refractivity (Wildman–Crippen MR) is 82.4 cm³/mol. The van der Waals surface area contributed by atoms with Crippen LogP contribution < -0.4 is 11.1 Å². The molecule has 0 spiro atoms. The van der Waals surface area contributed by atoms with E-state index >= 15 is 0 Å². The maximum atomic E-state index is 12.1. The van der Waals surface area contributed by atoms with Gasteiger partial charge in [0.1, 0.15) is 11.0 Å². The number of nitro benzene ring substituents is 1. The van der Waals surface area contributed by atoms with Crippen molar-refractivity contribution in [3.63, 3.8) is 0 Å². The number of carbonyl (C=O) groups excluding carboxylic acids is 1. The molecule has 9 heteroatoms. The number of carbonyl (C=O) groups is 1. The van der Waals surface area contributed by atoms with E-state index in [4.69, 9.17) is 17.3 Å². The number of nitrogens with zero attached hydrogens (tertiary/aromatic N) is 2. The minimum absolute atomic E-state index is 0.0817. The summed E-state index contributed by atoms with van der Waals surface area (Å²) >= 11 is 8.93. The number of nitrogens with two attached hydrogens (primary N) is 1. The van der Waals surface area contributed by atoms with Gasteiger partial charge in [0, 0.05) is 22.2 Å². The van der Waals surface area contributed by atoms with Crippen LogP contribution in [0, 0.1) is 10.1 Å². The molecule has 0 radical (unpaired) electrons. The minimum atomic E-state index is -0.552. The lowest BCUT2D eigenvalue weighted by Gasteiger charge is -2.08. The number of hydrogen-bond acceptors (Lipinski definition) is 5. The average Bonchev–Trinajstić information content (AvgIpc) is 2.39. The zero-order valence-corrected chi connectivity index (χ0v) is 12.7. The second-order valence-corrected chi connectivity index (χ2v) is 5.22. The van der Waals surface area contributed by atoms with E-state index < -0.39 is 10.8 Å². The Hall–Kier alpha value is -2.19. The minimum Gasteiger partial charge on any atom is -0.384 e. The average molecular weight is 372 g/mol. The van der Waals surface area contributed by atoms with Gasteiger partial charge in [0.25, 0.3) is 11.6 Å². The molecule has 0 aliphatic heterocycles. The van der Waals surface area contributed by atoms with Crippen molar-refractivity contribution in [3.8, 4) is 0 Å². The van der Waals surface area contributed by atoms with Crippen molar-refractivity contribution >= 4 is 50.6 Å². The second kappa shape index (κ2) is 6.06. The molecule has 2 rings (SSSR count). The molecule has 108 valence electrons. The van der Waals surface area contributed by atoms with Gasteiger partial charge in [-0.3, -0.25) is 14.9 Å². The molecule has 0 fully saturated rings. The molecule has 0 aliphatic carbocycles. The molecule has 0 saturated heterocycles. The van der Waals surface area contributed by atoms with Gasteiger partial charge in [0.05, 0.1) is 10.6 Å². The van der Waals surface area contributed by atoms with Gasteiger partial charge in [-0.05, 0) is 34.1 Å². The number of halogens is 2. The first kappa shape index (κ1) is 15.2. The van der Waals surface area contributed by atoms with E-state index in [1.807, 2.05) is 0 Å². The van der Waals surface area contributed by atoms with Crippen LogP contribution in [0.15, 0.2) is 34.8 Å². The summed E-state index contributed by atoms with van der Waals surface area (Å²) in [5.74, 6) is -0.405. The van der Waals surface area contributed by atoms with Gasteiger partial charge >= 0.3 is 0 Å². The topological polar surface area (TPSA) is 111 Å². The number of nitrogens with one attached hydrogen (secondary N) is 1. The molecule has 1 heterocycles. The molecule has 0 saturated carbocycles. The summed E-state index contributed by atoms with van der Waals surface area (Å²) in [5, 5.41) is 13.4. The van der Waals surface area contributed by atoms with Crippen molar-refractivity contribution in [2.75, 3.05) is 11.1 Å². The molecule has 0 aliphatic rings. The second-order valence-electron chi connectivity index (χ2n) is 3.98. The van der Waals surface area contributed by atoms with Gasteiger partial charge in [-0.25, -0.2) is 4.98 Å². The van der Waals surface area contributed by atoms with Crippen LogP contribution in [0.25, 0.3) is 0 Å². The summed E-state index contributed by atoms with van der Waals surface area (Å²) in [4.78, 5) is 26.0. The van der Waals surface area contributed by atoms with Crippen LogP contribution in [-0.4, -0.2) is 15.8 Å². The van der Waals surface area contributed by atoms with Gasteiger partial charge < -0.3 is 11.1 Å². The number of rotatable bonds is 3. The van der Waals surface area contributed by atoms with E-state index in [1.165, 1.54) is 30.3 Å². The van der Waals surface area contributed by atoms with Crippen molar-refractivity contribution in [2.45, 2.75) is 0 Å². The predicted octanol–water partition coefficient (Wildman–Crippen LogP) is 3.24. The maximum absolute atomic E-state index is 12.1.